The molecule has 0 spiro atoms. The molecule has 148 valence electrons. The number of benzene rings is 2. The Kier molecular flexibility index (Phi) is 4.99. The third-order valence-electron chi connectivity index (χ3n) is 5.04. The fraction of sp³-hybridized carbons (Fsp3) is 0.238. The molecule has 3 aromatic rings. The lowest BCUT2D eigenvalue weighted by molar-refractivity contribution is 0.0698. The number of nitrogens with zero attached hydrogens (tertiary/aromatic N) is 4. The molecule has 29 heavy (non-hydrogen) atoms. The van der Waals surface area contributed by atoms with Crippen molar-refractivity contribution in [1.82, 2.24) is 14.9 Å². The van der Waals surface area contributed by atoms with E-state index in [-0.39, 0.29) is 17.6 Å². The first-order chi connectivity index (χ1) is 14.0. The minimum absolute atomic E-state index is 0.0414. The summed E-state index contributed by atoms with van der Waals surface area (Å²) in [5.41, 5.74) is 2.04. The van der Waals surface area contributed by atoms with Gasteiger partial charge in [0.05, 0.1) is 28.5 Å². The van der Waals surface area contributed by atoms with E-state index in [0.717, 1.165) is 16.9 Å². The molecular formula is C21H21N5O3. The van der Waals surface area contributed by atoms with Gasteiger partial charge in [0.25, 0.3) is 0 Å². The number of nitrogens with one attached hydrogen (secondary N) is 1. The molecule has 2 amide bonds. The van der Waals surface area contributed by atoms with Gasteiger partial charge in [-0.15, -0.1) is 0 Å². The summed E-state index contributed by atoms with van der Waals surface area (Å²) in [5, 5.41) is 12.0. The summed E-state index contributed by atoms with van der Waals surface area (Å²) in [6, 6.07) is 13.8. The highest BCUT2D eigenvalue weighted by Gasteiger charge is 2.28. The summed E-state index contributed by atoms with van der Waals surface area (Å²) in [7, 11) is 0. The number of fused-ring (bicyclic) bond motifs is 1. The molecule has 2 N–H and O–H groups in total. The molecule has 4 rings (SSSR count). The van der Waals surface area contributed by atoms with E-state index in [4.69, 9.17) is 4.98 Å². The Bertz CT molecular complexity index is 1070. The fourth-order valence-corrected chi connectivity index (χ4v) is 3.54. The first-order valence-corrected chi connectivity index (χ1v) is 9.39. The standard InChI is InChI=1S/C21H21N5O3/c1-14-13-25(21(29)24-16-7-3-2-6-15(16)20(27)28)10-11-26(14)19-12-22-17-8-4-5-9-18(17)23-19/h2-9,12,14H,10-11,13H2,1H3,(H,24,29)(H,27,28). The van der Waals surface area contributed by atoms with Gasteiger partial charge in [0, 0.05) is 25.7 Å². The van der Waals surface area contributed by atoms with Gasteiger partial charge in [0.15, 0.2) is 0 Å². The van der Waals surface area contributed by atoms with E-state index < -0.39 is 5.97 Å². The Morgan fingerprint density at radius 3 is 2.55 bits per heavy atom. The Balaban J connectivity index is 1.46. The number of hydrogen-bond acceptors (Lipinski definition) is 5. The number of aromatic carboxylic acids is 1. The van der Waals surface area contributed by atoms with Crippen LogP contribution in [0.4, 0.5) is 16.3 Å². The molecule has 1 unspecified atom stereocenters. The van der Waals surface area contributed by atoms with Gasteiger partial charge >= 0.3 is 12.0 Å². The molecule has 2 heterocycles. The highest BCUT2D eigenvalue weighted by Crippen LogP contribution is 2.21. The zero-order valence-corrected chi connectivity index (χ0v) is 15.9. The largest absolute Gasteiger partial charge is 0.478 e. The summed E-state index contributed by atoms with van der Waals surface area (Å²) in [4.78, 5) is 37.0. The normalized spacial score (nSPS) is 16.7. The van der Waals surface area contributed by atoms with Crippen LogP contribution in [0, 0.1) is 0 Å². The van der Waals surface area contributed by atoms with Gasteiger partial charge in [0.2, 0.25) is 0 Å². The second-order valence-corrected chi connectivity index (χ2v) is 6.99. The van der Waals surface area contributed by atoms with Crippen molar-refractivity contribution < 1.29 is 14.7 Å². The van der Waals surface area contributed by atoms with Crippen molar-refractivity contribution in [3.8, 4) is 0 Å². The quantitative estimate of drug-likeness (QED) is 0.712. The Morgan fingerprint density at radius 1 is 1.07 bits per heavy atom. The van der Waals surface area contributed by atoms with Crippen LogP contribution in [-0.4, -0.2) is 57.7 Å². The Labute approximate surface area is 167 Å². The van der Waals surface area contributed by atoms with Crippen molar-refractivity contribution in [2.24, 2.45) is 0 Å². The molecule has 1 fully saturated rings. The number of carbonyl (C=O) groups excluding carboxylic acids is 1. The van der Waals surface area contributed by atoms with Crippen LogP contribution in [0.3, 0.4) is 0 Å². The second-order valence-electron chi connectivity index (χ2n) is 6.99. The third-order valence-corrected chi connectivity index (χ3v) is 5.04. The van der Waals surface area contributed by atoms with Gasteiger partial charge in [-0.25, -0.2) is 14.6 Å². The van der Waals surface area contributed by atoms with Crippen LogP contribution in [0.1, 0.15) is 17.3 Å². The van der Waals surface area contributed by atoms with Crippen molar-refractivity contribution in [3.05, 3.63) is 60.3 Å². The van der Waals surface area contributed by atoms with Gasteiger partial charge in [-0.05, 0) is 31.2 Å². The Morgan fingerprint density at radius 2 is 1.79 bits per heavy atom. The van der Waals surface area contributed by atoms with E-state index in [1.165, 1.54) is 6.07 Å². The van der Waals surface area contributed by atoms with Crippen LogP contribution in [0.25, 0.3) is 11.0 Å². The average molecular weight is 391 g/mol. The SMILES string of the molecule is CC1CN(C(=O)Nc2ccccc2C(=O)O)CCN1c1cnc2ccccc2n1. The number of aromatic nitrogens is 2. The molecule has 1 atom stereocenters. The van der Waals surface area contributed by atoms with E-state index in [1.54, 1.807) is 29.3 Å². The molecule has 0 saturated carbocycles. The highest BCUT2D eigenvalue weighted by atomic mass is 16.4. The van der Waals surface area contributed by atoms with Crippen molar-refractivity contribution in [2.45, 2.75) is 13.0 Å². The maximum atomic E-state index is 12.7. The van der Waals surface area contributed by atoms with Crippen LogP contribution in [0.2, 0.25) is 0 Å². The van der Waals surface area contributed by atoms with Gasteiger partial charge < -0.3 is 20.2 Å². The molecule has 0 bridgehead atoms. The fourth-order valence-electron chi connectivity index (χ4n) is 3.54. The number of amides is 2. The van der Waals surface area contributed by atoms with Crippen LogP contribution in [-0.2, 0) is 0 Å². The predicted molar refractivity (Wildman–Crippen MR) is 110 cm³/mol. The number of hydrogen-bond donors (Lipinski definition) is 2. The van der Waals surface area contributed by atoms with E-state index in [1.807, 2.05) is 31.2 Å². The molecule has 1 aliphatic rings. The minimum Gasteiger partial charge on any atom is -0.478 e. The monoisotopic (exact) mass is 391 g/mol. The maximum Gasteiger partial charge on any atom is 0.337 e. The second kappa shape index (κ2) is 7.75. The number of carboxylic acid groups (broad SMARTS) is 1. The molecule has 1 saturated heterocycles. The molecule has 0 radical (unpaired) electrons. The summed E-state index contributed by atoms with van der Waals surface area (Å²) in [6.45, 7) is 3.64. The van der Waals surface area contributed by atoms with Gasteiger partial charge in [0.1, 0.15) is 5.82 Å². The number of para-hydroxylation sites is 3. The van der Waals surface area contributed by atoms with Crippen molar-refractivity contribution in [2.75, 3.05) is 29.9 Å². The molecule has 1 aliphatic heterocycles. The van der Waals surface area contributed by atoms with E-state index >= 15 is 0 Å². The van der Waals surface area contributed by atoms with Crippen LogP contribution in [0.15, 0.2) is 54.7 Å². The number of carboxylic acids is 1. The van der Waals surface area contributed by atoms with Crippen molar-refractivity contribution >= 4 is 34.5 Å². The lowest BCUT2D eigenvalue weighted by atomic mass is 10.1. The highest BCUT2D eigenvalue weighted by molar-refractivity contribution is 6.00. The van der Waals surface area contributed by atoms with Gasteiger partial charge in [-0.1, -0.05) is 24.3 Å². The van der Waals surface area contributed by atoms with Crippen molar-refractivity contribution in [1.29, 1.82) is 0 Å². The topological polar surface area (TPSA) is 98.7 Å². The van der Waals surface area contributed by atoms with E-state index in [2.05, 4.69) is 15.2 Å². The molecule has 8 nitrogen and oxygen atoms in total. The predicted octanol–water partition coefficient (Wildman–Crippen LogP) is 3.07. The number of piperazine rings is 1. The average Bonchev–Trinajstić information content (AvgIpc) is 2.73. The third kappa shape index (κ3) is 3.82. The van der Waals surface area contributed by atoms with E-state index in [9.17, 15) is 14.7 Å². The number of anilines is 2. The molecule has 0 aliphatic carbocycles. The lowest BCUT2D eigenvalue weighted by Gasteiger charge is -2.40. The molecule has 8 heteroatoms. The van der Waals surface area contributed by atoms with Crippen LogP contribution in [0.5, 0.6) is 0 Å². The number of carbonyl (C=O) groups is 2. The summed E-state index contributed by atoms with van der Waals surface area (Å²) >= 11 is 0. The van der Waals surface area contributed by atoms with Gasteiger partial charge in [-0.2, -0.15) is 0 Å². The zero-order valence-electron chi connectivity index (χ0n) is 15.9. The summed E-state index contributed by atoms with van der Waals surface area (Å²) < 4.78 is 0. The Hall–Kier alpha value is -3.68. The lowest BCUT2D eigenvalue weighted by Crippen LogP contribution is -2.55. The van der Waals surface area contributed by atoms with Crippen LogP contribution >= 0.6 is 0 Å². The maximum absolute atomic E-state index is 12.7. The van der Waals surface area contributed by atoms with Crippen molar-refractivity contribution in [3.63, 3.8) is 0 Å². The first kappa shape index (κ1) is 18.7. The van der Waals surface area contributed by atoms with Crippen LogP contribution < -0.4 is 10.2 Å². The molecule has 2 aromatic carbocycles. The summed E-state index contributed by atoms with van der Waals surface area (Å²) in [6.07, 6.45) is 1.76. The number of urea groups is 1. The summed E-state index contributed by atoms with van der Waals surface area (Å²) in [5.74, 6) is -0.290. The smallest absolute Gasteiger partial charge is 0.337 e. The molecular weight excluding hydrogens is 370 g/mol. The first-order valence-electron chi connectivity index (χ1n) is 9.39. The van der Waals surface area contributed by atoms with E-state index in [0.29, 0.717) is 25.3 Å². The minimum atomic E-state index is -1.08. The zero-order chi connectivity index (χ0) is 20.4. The van der Waals surface area contributed by atoms with Gasteiger partial charge in [-0.3, -0.25) is 4.98 Å². The molecule has 1 aromatic heterocycles. The number of rotatable bonds is 3.